The van der Waals surface area contributed by atoms with E-state index in [1.165, 1.54) is 6.07 Å². The maximum atomic E-state index is 13.8. The van der Waals surface area contributed by atoms with Gasteiger partial charge in [-0.2, -0.15) is 5.10 Å². The molecule has 11 heteroatoms. The summed E-state index contributed by atoms with van der Waals surface area (Å²) in [5.74, 6) is -1.19. The highest BCUT2D eigenvalue weighted by molar-refractivity contribution is 7.21. The van der Waals surface area contributed by atoms with Crippen molar-refractivity contribution in [3.05, 3.63) is 70.0 Å². The molecule has 1 fully saturated rings. The monoisotopic (exact) mass is 532 g/mol. The Bertz CT molecular complexity index is 1770. The van der Waals surface area contributed by atoms with Gasteiger partial charge < -0.3 is 11.1 Å². The number of alkyl halides is 2. The van der Waals surface area contributed by atoms with Crippen molar-refractivity contribution in [1.29, 1.82) is 0 Å². The van der Waals surface area contributed by atoms with Crippen molar-refractivity contribution in [2.75, 3.05) is 5.32 Å². The second-order valence-corrected chi connectivity index (χ2v) is 10.4. The van der Waals surface area contributed by atoms with Gasteiger partial charge in [-0.3, -0.25) is 14.3 Å². The van der Waals surface area contributed by atoms with Gasteiger partial charge in [0.05, 0.1) is 28.7 Å². The molecule has 2 amide bonds. The van der Waals surface area contributed by atoms with Gasteiger partial charge in [0, 0.05) is 29.1 Å². The summed E-state index contributed by atoms with van der Waals surface area (Å²) in [5.41, 5.74) is 9.37. The fourth-order valence-corrected chi connectivity index (χ4v) is 5.72. The van der Waals surface area contributed by atoms with E-state index >= 15 is 0 Å². The zero-order valence-corrected chi connectivity index (χ0v) is 21.3. The number of carbonyl (C=O) groups is 2. The molecule has 4 heterocycles. The van der Waals surface area contributed by atoms with E-state index < -0.39 is 18.2 Å². The summed E-state index contributed by atoms with van der Waals surface area (Å²) in [6.07, 6.45) is 0.603. The number of amides is 2. The maximum Gasteiger partial charge on any atom is 0.280 e. The van der Waals surface area contributed by atoms with Crippen LogP contribution < -0.4 is 11.1 Å². The second kappa shape index (κ2) is 8.95. The average Bonchev–Trinajstić information content (AvgIpc) is 3.61. The number of para-hydroxylation sites is 1. The lowest BCUT2D eigenvalue weighted by Crippen LogP contribution is -2.17. The first-order chi connectivity index (χ1) is 18.2. The van der Waals surface area contributed by atoms with E-state index in [9.17, 15) is 18.4 Å². The van der Waals surface area contributed by atoms with Crippen LogP contribution in [0.25, 0.3) is 32.4 Å². The summed E-state index contributed by atoms with van der Waals surface area (Å²) in [4.78, 5) is 35.4. The molecular weight excluding hydrogens is 510 g/mol. The highest BCUT2D eigenvalue weighted by Crippen LogP contribution is 2.48. The molecule has 0 unspecified atom stereocenters. The molecule has 1 saturated carbocycles. The van der Waals surface area contributed by atoms with Crippen molar-refractivity contribution >= 4 is 50.0 Å². The van der Waals surface area contributed by atoms with Gasteiger partial charge >= 0.3 is 0 Å². The molecule has 38 heavy (non-hydrogen) atoms. The third kappa shape index (κ3) is 3.99. The van der Waals surface area contributed by atoms with Gasteiger partial charge in [-0.25, -0.2) is 18.7 Å². The summed E-state index contributed by atoms with van der Waals surface area (Å²) in [6.45, 7) is 1.91. The Morgan fingerprint density at radius 3 is 2.61 bits per heavy atom. The van der Waals surface area contributed by atoms with Gasteiger partial charge in [-0.1, -0.05) is 18.2 Å². The largest absolute Gasteiger partial charge is 0.365 e. The van der Waals surface area contributed by atoms with Crippen LogP contribution in [0.4, 0.5) is 14.5 Å². The number of aromatic nitrogens is 4. The lowest BCUT2D eigenvalue weighted by Gasteiger charge is -2.12. The van der Waals surface area contributed by atoms with Crippen LogP contribution in [-0.2, 0) is 7.05 Å². The van der Waals surface area contributed by atoms with Crippen LogP contribution in [0.3, 0.4) is 0 Å². The maximum absolute atomic E-state index is 13.8. The van der Waals surface area contributed by atoms with Gasteiger partial charge in [0.2, 0.25) is 0 Å². The SMILES string of the molecule is Cc1c(-c2cc(C(=O)Nc3c(C(N)=O)sc4nc(C(F)F)cc(C5CC5)c34)c3ccccc3n2)cnn1C. The molecule has 0 radical (unpaired) electrons. The molecule has 0 aliphatic heterocycles. The molecular formula is C27H22F2N6O2S. The number of carbonyl (C=O) groups excluding carboxylic acids is 2. The normalized spacial score (nSPS) is 13.5. The molecule has 0 spiro atoms. The van der Waals surface area contributed by atoms with E-state index in [0.29, 0.717) is 33.1 Å². The number of fused-ring (bicyclic) bond motifs is 2. The molecule has 1 aromatic carbocycles. The first kappa shape index (κ1) is 24.1. The number of rotatable bonds is 6. The number of aryl methyl sites for hydroxylation is 1. The molecule has 8 nitrogen and oxygen atoms in total. The van der Waals surface area contributed by atoms with Gasteiger partial charge in [-0.15, -0.1) is 11.3 Å². The summed E-state index contributed by atoms with van der Waals surface area (Å²) in [7, 11) is 1.82. The van der Waals surface area contributed by atoms with E-state index in [0.717, 1.165) is 35.4 Å². The Kier molecular flexibility index (Phi) is 5.68. The first-order valence-corrected chi connectivity index (χ1v) is 12.8. The smallest absolute Gasteiger partial charge is 0.280 e. The van der Waals surface area contributed by atoms with Crippen LogP contribution in [0.1, 0.15) is 62.2 Å². The topological polar surface area (TPSA) is 116 Å². The van der Waals surface area contributed by atoms with Crippen molar-refractivity contribution in [2.45, 2.75) is 32.1 Å². The van der Waals surface area contributed by atoms with Crippen LogP contribution in [0.15, 0.2) is 42.6 Å². The van der Waals surface area contributed by atoms with Crippen molar-refractivity contribution in [3.8, 4) is 11.3 Å². The molecule has 0 bridgehead atoms. The number of hydrogen-bond donors (Lipinski definition) is 2. The highest BCUT2D eigenvalue weighted by Gasteiger charge is 2.32. The Labute approximate surface area is 219 Å². The van der Waals surface area contributed by atoms with Crippen molar-refractivity contribution in [3.63, 3.8) is 0 Å². The second-order valence-electron chi connectivity index (χ2n) is 9.36. The number of hydrogen-bond acceptors (Lipinski definition) is 6. The minimum absolute atomic E-state index is 0.0610. The third-order valence-corrected chi connectivity index (χ3v) is 7.99. The molecule has 6 rings (SSSR count). The summed E-state index contributed by atoms with van der Waals surface area (Å²) in [5, 5.41) is 8.29. The number of pyridine rings is 2. The van der Waals surface area contributed by atoms with E-state index in [1.54, 1.807) is 23.0 Å². The average molecular weight is 533 g/mol. The van der Waals surface area contributed by atoms with Crippen molar-refractivity contribution < 1.29 is 18.4 Å². The fraction of sp³-hybridized carbons (Fsp3) is 0.222. The van der Waals surface area contributed by atoms with Gasteiger partial charge in [0.15, 0.2) is 0 Å². The minimum Gasteiger partial charge on any atom is -0.365 e. The highest BCUT2D eigenvalue weighted by atomic mass is 32.1. The molecule has 1 aliphatic carbocycles. The van der Waals surface area contributed by atoms with Gasteiger partial charge in [0.1, 0.15) is 15.4 Å². The molecule has 1 aliphatic rings. The van der Waals surface area contributed by atoms with Crippen LogP contribution in [-0.4, -0.2) is 31.6 Å². The number of nitrogens with one attached hydrogen (secondary N) is 1. The van der Waals surface area contributed by atoms with E-state index in [1.807, 2.05) is 32.2 Å². The van der Waals surface area contributed by atoms with Crippen LogP contribution in [0.2, 0.25) is 0 Å². The zero-order valence-electron chi connectivity index (χ0n) is 20.5. The molecule has 4 aromatic heterocycles. The number of halogens is 2. The number of nitrogens with two attached hydrogens (primary N) is 1. The van der Waals surface area contributed by atoms with Crippen molar-refractivity contribution in [1.82, 2.24) is 19.7 Å². The lowest BCUT2D eigenvalue weighted by molar-refractivity contribution is 0.100. The van der Waals surface area contributed by atoms with Gasteiger partial charge in [0.25, 0.3) is 18.2 Å². The molecule has 0 atom stereocenters. The minimum atomic E-state index is -2.76. The fourth-order valence-electron chi connectivity index (χ4n) is 4.70. The van der Waals surface area contributed by atoms with Crippen molar-refractivity contribution in [2.24, 2.45) is 12.8 Å². The first-order valence-electron chi connectivity index (χ1n) is 12.0. The van der Waals surface area contributed by atoms with E-state index in [2.05, 4.69) is 15.4 Å². The number of primary amides is 1. The Morgan fingerprint density at radius 1 is 1.18 bits per heavy atom. The predicted octanol–water partition coefficient (Wildman–Crippen LogP) is 5.72. The quantitative estimate of drug-likeness (QED) is 0.290. The van der Waals surface area contributed by atoms with E-state index in [4.69, 9.17) is 10.7 Å². The molecule has 5 aromatic rings. The number of thiophene rings is 1. The lowest BCUT2D eigenvalue weighted by atomic mass is 10.0. The Hall–Kier alpha value is -4.25. The Morgan fingerprint density at radius 2 is 1.95 bits per heavy atom. The molecule has 0 saturated heterocycles. The Balaban J connectivity index is 1.52. The van der Waals surface area contributed by atoms with E-state index in [-0.39, 0.29) is 27.0 Å². The molecule has 3 N–H and O–H groups in total. The standard InChI is InChI=1S/C27H22F2N6O2S/c1-12-17(11-31-35(12)2)19-10-16(14-5-3-4-6-18(14)32-19)26(37)34-22-21-15(13-7-8-13)9-20(24(28)29)33-27(21)38-23(22)25(30)36/h3-6,9-11,13,24H,7-8H2,1-2H3,(H2,30,36)(H,34,37). The number of benzene rings is 1. The number of anilines is 1. The summed E-state index contributed by atoms with van der Waals surface area (Å²) < 4.78 is 28.9. The number of nitrogens with zero attached hydrogens (tertiary/aromatic N) is 4. The van der Waals surface area contributed by atoms with Gasteiger partial charge in [-0.05, 0) is 49.4 Å². The zero-order chi connectivity index (χ0) is 26.7. The molecule has 192 valence electrons. The predicted molar refractivity (Wildman–Crippen MR) is 142 cm³/mol. The van der Waals surface area contributed by atoms with Crippen LogP contribution >= 0.6 is 11.3 Å². The van der Waals surface area contributed by atoms with Crippen LogP contribution in [0.5, 0.6) is 0 Å². The van der Waals surface area contributed by atoms with Crippen LogP contribution in [0, 0.1) is 6.92 Å². The third-order valence-electron chi connectivity index (χ3n) is 6.89. The summed E-state index contributed by atoms with van der Waals surface area (Å²) >= 11 is 0.911. The summed E-state index contributed by atoms with van der Waals surface area (Å²) in [6, 6.07) is 10.3.